The molecule has 0 fully saturated rings. The van der Waals surface area contributed by atoms with Crippen LogP contribution < -0.4 is 0 Å². The van der Waals surface area contributed by atoms with Crippen molar-refractivity contribution in [1.29, 1.82) is 0 Å². The maximum Gasteiger partial charge on any atom is 0.223 e. The van der Waals surface area contributed by atoms with E-state index in [-0.39, 0.29) is 24.0 Å². The van der Waals surface area contributed by atoms with Crippen molar-refractivity contribution in [1.82, 2.24) is 14.9 Å². The predicted molar refractivity (Wildman–Crippen MR) is 105 cm³/mol. The fourth-order valence-electron chi connectivity index (χ4n) is 2.98. The van der Waals surface area contributed by atoms with Gasteiger partial charge in [-0.05, 0) is 29.3 Å². The topological polar surface area (TPSA) is 66.3 Å². The van der Waals surface area contributed by atoms with Gasteiger partial charge in [0.05, 0.1) is 18.4 Å². The van der Waals surface area contributed by atoms with E-state index < -0.39 is 0 Å². The van der Waals surface area contributed by atoms with E-state index in [0.717, 1.165) is 16.8 Å². The van der Waals surface area contributed by atoms with Gasteiger partial charge >= 0.3 is 0 Å². The highest BCUT2D eigenvalue weighted by Crippen LogP contribution is 2.34. The summed E-state index contributed by atoms with van der Waals surface area (Å²) in [5, 5.41) is 10.5. The molecule has 138 valence electrons. The van der Waals surface area contributed by atoms with Gasteiger partial charge in [0.15, 0.2) is 0 Å². The number of aromatic nitrogens is 2. The van der Waals surface area contributed by atoms with Crippen molar-refractivity contribution >= 4 is 17.5 Å². The first-order valence-electron chi connectivity index (χ1n) is 8.57. The van der Waals surface area contributed by atoms with Crippen LogP contribution in [0.3, 0.4) is 0 Å². The van der Waals surface area contributed by atoms with Crippen LogP contribution in [0.2, 0.25) is 5.02 Å². The van der Waals surface area contributed by atoms with Crippen molar-refractivity contribution in [2.24, 2.45) is 0 Å². The van der Waals surface area contributed by atoms with Gasteiger partial charge in [0.25, 0.3) is 0 Å². The second-order valence-electron chi connectivity index (χ2n) is 6.32. The molecular formula is C21H20ClN3O2. The van der Waals surface area contributed by atoms with Crippen LogP contribution >= 0.6 is 11.6 Å². The maximum absolute atomic E-state index is 12.9. The molecule has 27 heavy (non-hydrogen) atoms. The summed E-state index contributed by atoms with van der Waals surface area (Å²) >= 11 is 6.40. The first-order chi connectivity index (χ1) is 13.0. The minimum atomic E-state index is -0.261. The number of benzene rings is 2. The van der Waals surface area contributed by atoms with E-state index in [1.54, 1.807) is 54.8 Å². The highest BCUT2D eigenvalue weighted by atomic mass is 35.5. The SMILES string of the molecule is CN(Cc1cnccn1)C(=O)C[C@H](c1cccc(O)c1)c1ccccc1Cl. The molecule has 0 unspecified atom stereocenters. The number of amides is 1. The zero-order valence-electron chi connectivity index (χ0n) is 14.9. The molecule has 1 aromatic heterocycles. The molecular weight excluding hydrogens is 362 g/mol. The molecule has 3 aromatic rings. The lowest BCUT2D eigenvalue weighted by Crippen LogP contribution is -2.28. The molecule has 0 radical (unpaired) electrons. The van der Waals surface area contributed by atoms with Crippen LogP contribution in [0.5, 0.6) is 5.75 Å². The zero-order valence-corrected chi connectivity index (χ0v) is 15.7. The van der Waals surface area contributed by atoms with Crippen LogP contribution in [-0.4, -0.2) is 32.9 Å². The molecule has 1 amide bonds. The fourth-order valence-corrected chi connectivity index (χ4v) is 3.25. The van der Waals surface area contributed by atoms with Gasteiger partial charge < -0.3 is 10.0 Å². The Hall–Kier alpha value is -2.92. The smallest absolute Gasteiger partial charge is 0.223 e. The number of phenolic OH excluding ortho intramolecular Hbond substituents is 1. The average molecular weight is 382 g/mol. The van der Waals surface area contributed by atoms with Gasteiger partial charge in [-0.25, -0.2) is 0 Å². The second kappa shape index (κ2) is 8.64. The molecule has 1 atom stereocenters. The third-order valence-corrected chi connectivity index (χ3v) is 4.72. The quantitative estimate of drug-likeness (QED) is 0.700. The molecule has 3 rings (SSSR count). The molecule has 5 nitrogen and oxygen atoms in total. The summed E-state index contributed by atoms with van der Waals surface area (Å²) < 4.78 is 0. The number of halogens is 1. The van der Waals surface area contributed by atoms with E-state index in [1.165, 1.54) is 0 Å². The molecule has 6 heteroatoms. The highest BCUT2D eigenvalue weighted by Gasteiger charge is 2.23. The third kappa shape index (κ3) is 4.83. The summed E-state index contributed by atoms with van der Waals surface area (Å²) in [6.45, 7) is 0.377. The van der Waals surface area contributed by atoms with E-state index in [4.69, 9.17) is 11.6 Å². The number of rotatable bonds is 6. The minimum Gasteiger partial charge on any atom is -0.508 e. The minimum absolute atomic E-state index is 0.0473. The molecule has 1 N–H and O–H groups in total. The third-order valence-electron chi connectivity index (χ3n) is 4.37. The second-order valence-corrected chi connectivity index (χ2v) is 6.73. The maximum atomic E-state index is 12.9. The number of carbonyl (C=O) groups is 1. The molecule has 0 saturated carbocycles. The summed E-state index contributed by atoms with van der Waals surface area (Å²) in [6.07, 6.45) is 5.07. The lowest BCUT2D eigenvalue weighted by atomic mass is 9.88. The van der Waals surface area contributed by atoms with E-state index in [9.17, 15) is 9.90 Å². The van der Waals surface area contributed by atoms with Crippen LogP contribution in [-0.2, 0) is 11.3 Å². The van der Waals surface area contributed by atoms with Crippen LogP contribution in [0.15, 0.2) is 67.1 Å². The Labute approximate surface area is 163 Å². The van der Waals surface area contributed by atoms with Crippen LogP contribution in [0.25, 0.3) is 0 Å². The Morgan fingerprint density at radius 3 is 2.70 bits per heavy atom. The molecule has 0 bridgehead atoms. The van der Waals surface area contributed by atoms with E-state index in [1.807, 2.05) is 24.3 Å². The molecule has 0 aliphatic rings. The van der Waals surface area contributed by atoms with E-state index in [0.29, 0.717) is 11.6 Å². The molecule has 0 spiro atoms. The number of hydrogen-bond acceptors (Lipinski definition) is 4. The van der Waals surface area contributed by atoms with Gasteiger partial charge in [0.2, 0.25) is 5.91 Å². The van der Waals surface area contributed by atoms with Crippen molar-refractivity contribution < 1.29 is 9.90 Å². The standard InChI is InChI=1S/C21H20ClN3O2/c1-25(14-16-13-23-9-10-24-16)21(27)12-19(15-5-4-6-17(26)11-15)18-7-2-3-8-20(18)22/h2-11,13,19,26H,12,14H2,1H3/t19-/m1/s1. The summed E-state index contributed by atoms with van der Waals surface area (Å²) in [5.41, 5.74) is 2.41. The van der Waals surface area contributed by atoms with Crippen LogP contribution in [0.4, 0.5) is 0 Å². The van der Waals surface area contributed by atoms with Gasteiger partial charge in [0.1, 0.15) is 5.75 Å². The van der Waals surface area contributed by atoms with Crippen molar-refractivity contribution in [2.45, 2.75) is 18.9 Å². The number of carbonyl (C=O) groups excluding carboxylic acids is 1. The van der Waals surface area contributed by atoms with E-state index >= 15 is 0 Å². The van der Waals surface area contributed by atoms with E-state index in [2.05, 4.69) is 9.97 Å². The van der Waals surface area contributed by atoms with Gasteiger partial charge in [0, 0.05) is 36.8 Å². The summed E-state index contributed by atoms with van der Waals surface area (Å²) in [5.74, 6) is -0.151. The summed E-state index contributed by atoms with van der Waals surface area (Å²) in [6, 6.07) is 14.4. The molecule has 1 heterocycles. The number of phenols is 1. The van der Waals surface area contributed by atoms with Gasteiger partial charge in [-0.15, -0.1) is 0 Å². The number of hydrogen-bond donors (Lipinski definition) is 1. The van der Waals surface area contributed by atoms with Crippen molar-refractivity contribution in [3.05, 3.63) is 89.0 Å². The molecule has 0 aliphatic carbocycles. The highest BCUT2D eigenvalue weighted by molar-refractivity contribution is 6.31. The Kier molecular flexibility index (Phi) is 6.04. The molecule has 0 aliphatic heterocycles. The normalized spacial score (nSPS) is 11.8. The monoisotopic (exact) mass is 381 g/mol. The fraction of sp³-hybridized carbons (Fsp3) is 0.190. The van der Waals surface area contributed by atoms with Crippen molar-refractivity contribution in [3.8, 4) is 5.75 Å². The zero-order chi connectivity index (χ0) is 19.2. The Morgan fingerprint density at radius 1 is 1.19 bits per heavy atom. The predicted octanol–water partition coefficient (Wildman–Crippen LogP) is 4.02. The molecule has 2 aromatic carbocycles. The largest absolute Gasteiger partial charge is 0.508 e. The van der Waals surface area contributed by atoms with Crippen molar-refractivity contribution in [2.75, 3.05) is 7.05 Å². The Bertz CT molecular complexity index is 918. The van der Waals surface area contributed by atoms with Crippen molar-refractivity contribution in [3.63, 3.8) is 0 Å². The lowest BCUT2D eigenvalue weighted by Gasteiger charge is -2.23. The first-order valence-corrected chi connectivity index (χ1v) is 8.94. The van der Waals surface area contributed by atoms with Gasteiger partial charge in [-0.3, -0.25) is 14.8 Å². The summed E-state index contributed by atoms with van der Waals surface area (Å²) in [4.78, 5) is 22.7. The first kappa shape index (κ1) is 18.9. The van der Waals surface area contributed by atoms with Crippen LogP contribution in [0, 0.1) is 0 Å². The number of aromatic hydroxyl groups is 1. The average Bonchev–Trinajstić information content (AvgIpc) is 2.67. The lowest BCUT2D eigenvalue weighted by molar-refractivity contribution is -0.130. The summed E-state index contributed by atoms with van der Waals surface area (Å²) in [7, 11) is 1.74. The Morgan fingerprint density at radius 2 is 2.00 bits per heavy atom. The Balaban J connectivity index is 1.85. The van der Waals surface area contributed by atoms with Crippen LogP contribution in [0.1, 0.15) is 29.2 Å². The number of nitrogens with zero attached hydrogens (tertiary/aromatic N) is 3. The molecule has 0 saturated heterocycles. The van der Waals surface area contributed by atoms with Gasteiger partial charge in [-0.1, -0.05) is 41.9 Å². The van der Waals surface area contributed by atoms with Gasteiger partial charge in [-0.2, -0.15) is 0 Å².